The van der Waals surface area contributed by atoms with Crippen molar-refractivity contribution in [2.75, 3.05) is 10.2 Å². The van der Waals surface area contributed by atoms with Gasteiger partial charge in [-0.25, -0.2) is 4.90 Å². The van der Waals surface area contributed by atoms with Crippen LogP contribution in [0.4, 0.5) is 17.1 Å². The number of nitro benzene ring substituents is 1. The van der Waals surface area contributed by atoms with Gasteiger partial charge in [0.15, 0.2) is 0 Å². The molecule has 2 saturated heterocycles. The molecule has 0 bridgehead atoms. The van der Waals surface area contributed by atoms with Crippen LogP contribution in [0.3, 0.4) is 0 Å². The fraction of sp³-hybridized carbons (Fsp3) is 0.348. The molecule has 1 spiro atoms. The Morgan fingerprint density at radius 2 is 1.78 bits per heavy atom. The number of carbonyl (C=O) groups excluding carboxylic acids is 3. The number of imide groups is 1. The summed E-state index contributed by atoms with van der Waals surface area (Å²) in [5.74, 6) is -3.08. The summed E-state index contributed by atoms with van der Waals surface area (Å²) in [5, 5.41) is 17.6. The Bertz CT molecular complexity index is 1210. The van der Waals surface area contributed by atoms with Gasteiger partial charge in [-0.15, -0.1) is 0 Å². The van der Waals surface area contributed by atoms with Crippen molar-refractivity contribution in [2.24, 2.45) is 17.8 Å². The quantitative estimate of drug-likeness (QED) is 0.435. The van der Waals surface area contributed by atoms with Gasteiger partial charge in [0.2, 0.25) is 17.7 Å². The monoisotopic (exact) mass is 434 g/mol. The van der Waals surface area contributed by atoms with Gasteiger partial charge in [0.25, 0.3) is 5.69 Å². The van der Waals surface area contributed by atoms with Gasteiger partial charge >= 0.3 is 0 Å². The summed E-state index contributed by atoms with van der Waals surface area (Å²) in [6.07, 6.45) is 0. The predicted molar refractivity (Wildman–Crippen MR) is 116 cm³/mol. The van der Waals surface area contributed by atoms with Crippen molar-refractivity contribution in [3.63, 3.8) is 0 Å². The second-order valence-electron chi connectivity index (χ2n) is 8.92. The lowest BCUT2D eigenvalue weighted by atomic mass is 9.76. The van der Waals surface area contributed by atoms with Gasteiger partial charge in [0.05, 0.1) is 28.0 Å². The third kappa shape index (κ3) is 2.39. The number of benzene rings is 2. The van der Waals surface area contributed by atoms with E-state index in [2.05, 4.69) is 10.6 Å². The summed E-state index contributed by atoms with van der Waals surface area (Å²) in [4.78, 5) is 52.8. The number of nitrogens with zero attached hydrogens (tertiary/aromatic N) is 2. The van der Waals surface area contributed by atoms with E-state index in [1.165, 1.54) is 25.1 Å². The Labute approximate surface area is 183 Å². The van der Waals surface area contributed by atoms with Crippen LogP contribution in [0, 0.1) is 34.8 Å². The maximum absolute atomic E-state index is 13.8. The molecule has 2 fully saturated rings. The fourth-order valence-corrected chi connectivity index (χ4v) is 5.55. The van der Waals surface area contributed by atoms with E-state index < -0.39 is 40.2 Å². The highest BCUT2D eigenvalue weighted by atomic mass is 16.6. The standard InChI is InChI=1S/C23H22N4O5/c1-11(2)19-17-18(23(25-19)13-7-4-5-8-14(13)24-22(23)30)21(29)26(20(17)28)15-9-6-10-16(12(15)3)27(31)32/h4-11,17-19,25H,1-3H3,(H,24,30)/t17-,18+,19-,23-/m1/s1. The maximum Gasteiger partial charge on any atom is 0.274 e. The molecule has 3 aliphatic heterocycles. The van der Waals surface area contributed by atoms with Crippen molar-refractivity contribution in [3.8, 4) is 0 Å². The average Bonchev–Trinajstić information content (AvgIpc) is 3.34. The van der Waals surface area contributed by atoms with E-state index in [-0.39, 0.29) is 28.8 Å². The first-order valence-electron chi connectivity index (χ1n) is 10.5. The summed E-state index contributed by atoms with van der Waals surface area (Å²) in [5.41, 5.74) is 0.135. The van der Waals surface area contributed by atoms with Crippen LogP contribution in [0.15, 0.2) is 42.5 Å². The Hall–Kier alpha value is -3.59. The molecule has 32 heavy (non-hydrogen) atoms. The van der Waals surface area contributed by atoms with Gasteiger partial charge in [-0.2, -0.15) is 0 Å². The van der Waals surface area contributed by atoms with Crippen LogP contribution in [0.5, 0.6) is 0 Å². The second kappa shape index (κ2) is 6.70. The minimum Gasteiger partial charge on any atom is -0.324 e. The van der Waals surface area contributed by atoms with Crippen LogP contribution in [0.25, 0.3) is 0 Å². The third-order valence-electron chi connectivity index (χ3n) is 6.99. The topological polar surface area (TPSA) is 122 Å². The second-order valence-corrected chi connectivity index (χ2v) is 8.92. The summed E-state index contributed by atoms with van der Waals surface area (Å²) < 4.78 is 0. The first-order valence-corrected chi connectivity index (χ1v) is 10.5. The molecule has 2 aromatic rings. The number of amides is 3. The van der Waals surface area contributed by atoms with Crippen molar-refractivity contribution < 1.29 is 19.3 Å². The Balaban J connectivity index is 1.70. The number of nitrogens with one attached hydrogen (secondary N) is 2. The zero-order valence-corrected chi connectivity index (χ0v) is 17.8. The fourth-order valence-electron chi connectivity index (χ4n) is 5.55. The molecule has 164 valence electrons. The van der Waals surface area contributed by atoms with Crippen molar-refractivity contribution in [1.29, 1.82) is 0 Å². The van der Waals surface area contributed by atoms with Gasteiger partial charge in [0.1, 0.15) is 5.54 Å². The molecule has 0 aliphatic carbocycles. The molecule has 0 unspecified atom stereocenters. The Morgan fingerprint density at radius 1 is 1.06 bits per heavy atom. The lowest BCUT2D eigenvalue weighted by Crippen LogP contribution is -2.54. The molecule has 9 nitrogen and oxygen atoms in total. The SMILES string of the molecule is Cc1c(N2C(=O)[C@H]3[C@@H](C(C)C)N[C@@]4(C(=O)Nc5ccccc54)[C@@H]3C2=O)cccc1[N+](=O)[O-]. The molecule has 4 atom stereocenters. The number of fused-ring (bicyclic) bond motifs is 4. The summed E-state index contributed by atoms with van der Waals surface area (Å²) in [6.45, 7) is 5.39. The smallest absolute Gasteiger partial charge is 0.274 e. The highest BCUT2D eigenvalue weighted by Crippen LogP contribution is 2.54. The Kier molecular flexibility index (Phi) is 4.26. The van der Waals surface area contributed by atoms with Crippen LogP contribution in [-0.2, 0) is 19.9 Å². The molecule has 3 amide bonds. The van der Waals surface area contributed by atoms with Gasteiger partial charge in [0, 0.05) is 23.4 Å². The molecule has 2 N–H and O–H groups in total. The summed E-state index contributed by atoms with van der Waals surface area (Å²) >= 11 is 0. The highest BCUT2D eigenvalue weighted by Gasteiger charge is 2.71. The van der Waals surface area contributed by atoms with E-state index in [4.69, 9.17) is 0 Å². The first-order chi connectivity index (χ1) is 15.2. The number of carbonyl (C=O) groups is 3. The zero-order chi connectivity index (χ0) is 22.9. The van der Waals surface area contributed by atoms with Gasteiger partial charge < -0.3 is 5.32 Å². The van der Waals surface area contributed by atoms with Crippen LogP contribution in [-0.4, -0.2) is 28.7 Å². The van der Waals surface area contributed by atoms with Crippen LogP contribution < -0.4 is 15.5 Å². The van der Waals surface area contributed by atoms with Crippen LogP contribution in [0.2, 0.25) is 0 Å². The van der Waals surface area contributed by atoms with E-state index >= 15 is 0 Å². The largest absolute Gasteiger partial charge is 0.324 e. The molecular weight excluding hydrogens is 412 g/mol. The molecule has 3 heterocycles. The molecule has 0 saturated carbocycles. The molecular formula is C23H22N4O5. The van der Waals surface area contributed by atoms with E-state index in [1.54, 1.807) is 24.3 Å². The number of hydrogen-bond donors (Lipinski definition) is 2. The zero-order valence-electron chi connectivity index (χ0n) is 17.8. The minimum absolute atomic E-state index is 0.0367. The third-order valence-corrected chi connectivity index (χ3v) is 6.99. The lowest BCUT2D eigenvalue weighted by Gasteiger charge is -2.30. The van der Waals surface area contributed by atoms with E-state index in [0.29, 0.717) is 11.3 Å². The van der Waals surface area contributed by atoms with Crippen molar-refractivity contribution in [3.05, 3.63) is 63.7 Å². The van der Waals surface area contributed by atoms with E-state index in [9.17, 15) is 24.5 Å². The van der Waals surface area contributed by atoms with Crippen LogP contribution in [0.1, 0.15) is 25.0 Å². The lowest BCUT2D eigenvalue weighted by molar-refractivity contribution is -0.385. The predicted octanol–water partition coefficient (Wildman–Crippen LogP) is 2.48. The van der Waals surface area contributed by atoms with Crippen molar-refractivity contribution >= 4 is 34.8 Å². The highest BCUT2D eigenvalue weighted by molar-refractivity contribution is 6.26. The first kappa shape index (κ1) is 20.3. The number of para-hydroxylation sites is 1. The molecule has 2 aromatic carbocycles. The van der Waals surface area contributed by atoms with Crippen molar-refractivity contribution in [1.82, 2.24) is 5.32 Å². The van der Waals surface area contributed by atoms with Gasteiger partial charge in [-0.05, 0) is 25.0 Å². The normalized spacial score (nSPS) is 28.4. The molecule has 0 aromatic heterocycles. The molecule has 3 aliphatic rings. The number of rotatable bonds is 3. The minimum atomic E-state index is -1.37. The van der Waals surface area contributed by atoms with E-state index in [1.807, 2.05) is 13.8 Å². The van der Waals surface area contributed by atoms with Crippen molar-refractivity contribution in [2.45, 2.75) is 32.4 Å². The molecule has 5 rings (SSSR count). The number of hydrogen-bond acceptors (Lipinski definition) is 6. The molecule has 9 heteroatoms. The summed E-state index contributed by atoms with van der Waals surface area (Å²) in [6, 6.07) is 11.1. The van der Waals surface area contributed by atoms with Crippen LogP contribution >= 0.6 is 0 Å². The molecule has 0 radical (unpaired) electrons. The Morgan fingerprint density at radius 3 is 2.47 bits per heavy atom. The number of anilines is 2. The summed E-state index contributed by atoms with van der Waals surface area (Å²) in [7, 11) is 0. The maximum atomic E-state index is 13.8. The number of nitro groups is 1. The average molecular weight is 434 g/mol. The van der Waals surface area contributed by atoms with Gasteiger partial charge in [-0.1, -0.05) is 38.1 Å². The van der Waals surface area contributed by atoms with E-state index in [0.717, 1.165) is 4.90 Å². The van der Waals surface area contributed by atoms with Gasteiger partial charge in [-0.3, -0.25) is 29.8 Å².